The van der Waals surface area contributed by atoms with Gasteiger partial charge in [-0.15, -0.1) is 0 Å². The Bertz CT molecular complexity index is 740. The van der Waals surface area contributed by atoms with Crippen LogP contribution in [0.5, 0.6) is 0 Å². The average Bonchev–Trinajstić information content (AvgIpc) is 2.91. The summed E-state index contributed by atoms with van der Waals surface area (Å²) in [7, 11) is 1.31. The first kappa shape index (κ1) is 20.7. The van der Waals surface area contributed by atoms with Crippen LogP contribution in [0.2, 0.25) is 0 Å². The molecule has 6 heteroatoms. The minimum Gasteiger partial charge on any atom is -0.466 e. The van der Waals surface area contributed by atoms with E-state index in [0.29, 0.717) is 17.6 Å². The second-order valence-corrected chi connectivity index (χ2v) is 6.81. The lowest BCUT2D eigenvalue weighted by atomic mass is 9.85. The summed E-state index contributed by atoms with van der Waals surface area (Å²) in [6, 6.07) is 0. The Labute approximate surface area is 159 Å². The van der Waals surface area contributed by atoms with Crippen molar-refractivity contribution in [2.24, 2.45) is 5.92 Å². The molecular formula is C21H26O6. The van der Waals surface area contributed by atoms with Crippen LogP contribution in [0.3, 0.4) is 0 Å². The third-order valence-electron chi connectivity index (χ3n) is 4.92. The molecule has 0 aromatic heterocycles. The fourth-order valence-corrected chi connectivity index (χ4v) is 3.21. The Morgan fingerprint density at radius 3 is 2.70 bits per heavy atom. The molecule has 2 aliphatic rings. The third-order valence-corrected chi connectivity index (χ3v) is 4.92. The zero-order valence-electron chi connectivity index (χ0n) is 16.2. The Balaban J connectivity index is 2.47. The smallest absolute Gasteiger partial charge is 0.334 e. The third kappa shape index (κ3) is 4.76. The van der Waals surface area contributed by atoms with Gasteiger partial charge in [-0.3, -0.25) is 0 Å². The SMILES string of the molecule is C=C1C(=O)O[C@@H]2/C=C(\C)CC/C=C(/C(=O)OC)C[C@H](OC(=O)/C(C)=C\C)[C@H]12. The number of esters is 3. The van der Waals surface area contributed by atoms with Crippen LogP contribution >= 0.6 is 0 Å². The Kier molecular flexibility index (Phi) is 6.77. The van der Waals surface area contributed by atoms with Crippen molar-refractivity contribution in [1.82, 2.24) is 0 Å². The molecule has 0 unspecified atom stereocenters. The van der Waals surface area contributed by atoms with Crippen molar-refractivity contribution < 1.29 is 28.6 Å². The summed E-state index contributed by atoms with van der Waals surface area (Å²) >= 11 is 0. The Morgan fingerprint density at radius 1 is 1.37 bits per heavy atom. The topological polar surface area (TPSA) is 78.9 Å². The normalized spacial score (nSPS) is 30.2. The molecule has 1 aliphatic heterocycles. The Hall–Kier alpha value is -2.63. The van der Waals surface area contributed by atoms with Crippen LogP contribution in [-0.2, 0) is 28.6 Å². The zero-order valence-corrected chi connectivity index (χ0v) is 16.2. The van der Waals surface area contributed by atoms with E-state index in [0.717, 1.165) is 12.0 Å². The van der Waals surface area contributed by atoms with E-state index in [1.165, 1.54) is 7.11 Å². The van der Waals surface area contributed by atoms with Gasteiger partial charge in [0, 0.05) is 23.1 Å². The summed E-state index contributed by atoms with van der Waals surface area (Å²) in [5, 5.41) is 0. The first-order valence-electron chi connectivity index (χ1n) is 8.96. The molecule has 0 spiro atoms. The van der Waals surface area contributed by atoms with E-state index in [1.807, 2.05) is 13.0 Å². The predicted octanol–water partition coefficient (Wildman–Crippen LogP) is 3.19. The van der Waals surface area contributed by atoms with Crippen LogP contribution in [0.1, 0.15) is 40.0 Å². The van der Waals surface area contributed by atoms with Crippen molar-refractivity contribution in [1.29, 1.82) is 0 Å². The van der Waals surface area contributed by atoms with Gasteiger partial charge >= 0.3 is 17.9 Å². The van der Waals surface area contributed by atoms with E-state index in [4.69, 9.17) is 14.2 Å². The van der Waals surface area contributed by atoms with Crippen molar-refractivity contribution in [3.8, 4) is 0 Å². The molecule has 1 saturated heterocycles. The van der Waals surface area contributed by atoms with E-state index < -0.39 is 36.0 Å². The van der Waals surface area contributed by atoms with E-state index in [-0.39, 0.29) is 12.0 Å². The molecule has 0 bridgehead atoms. The van der Waals surface area contributed by atoms with Crippen LogP contribution in [0.15, 0.2) is 47.1 Å². The van der Waals surface area contributed by atoms with E-state index in [1.54, 1.807) is 26.0 Å². The molecule has 27 heavy (non-hydrogen) atoms. The highest BCUT2D eigenvalue weighted by Gasteiger charge is 2.45. The molecule has 1 fully saturated rings. The molecule has 0 saturated carbocycles. The van der Waals surface area contributed by atoms with Crippen LogP contribution in [-0.4, -0.2) is 37.2 Å². The lowest BCUT2D eigenvalue weighted by Crippen LogP contribution is -2.34. The molecule has 0 N–H and O–H groups in total. The predicted molar refractivity (Wildman–Crippen MR) is 99.5 cm³/mol. The number of fused-ring (bicyclic) bond motifs is 1. The van der Waals surface area contributed by atoms with Crippen LogP contribution in [0.25, 0.3) is 0 Å². The van der Waals surface area contributed by atoms with Crippen LogP contribution in [0.4, 0.5) is 0 Å². The molecule has 1 aliphatic carbocycles. The lowest BCUT2D eigenvalue weighted by molar-refractivity contribution is -0.148. The van der Waals surface area contributed by atoms with Crippen molar-refractivity contribution in [3.63, 3.8) is 0 Å². The molecule has 0 aromatic rings. The summed E-state index contributed by atoms with van der Waals surface area (Å²) in [4.78, 5) is 36.7. The molecule has 1 heterocycles. The number of hydrogen-bond acceptors (Lipinski definition) is 6. The van der Waals surface area contributed by atoms with Crippen LogP contribution < -0.4 is 0 Å². The van der Waals surface area contributed by atoms with Crippen molar-refractivity contribution in [2.45, 2.75) is 52.2 Å². The van der Waals surface area contributed by atoms with Crippen molar-refractivity contribution in [2.75, 3.05) is 7.11 Å². The van der Waals surface area contributed by atoms with Gasteiger partial charge in [-0.25, -0.2) is 14.4 Å². The number of ether oxygens (including phenoxy) is 3. The van der Waals surface area contributed by atoms with Gasteiger partial charge in [0.25, 0.3) is 0 Å². The summed E-state index contributed by atoms with van der Waals surface area (Å²) in [5.41, 5.74) is 2.11. The van der Waals surface area contributed by atoms with Gasteiger partial charge in [-0.2, -0.15) is 0 Å². The fourth-order valence-electron chi connectivity index (χ4n) is 3.21. The maximum atomic E-state index is 12.4. The molecule has 0 radical (unpaired) electrons. The van der Waals surface area contributed by atoms with E-state index in [9.17, 15) is 14.4 Å². The molecule has 2 rings (SSSR count). The second kappa shape index (κ2) is 8.84. The van der Waals surface area contributed by atoms with Crippen molar-refractivity contribution in [3.05, 3.63) is 47.1 Å². The quantitative estimate of drug-likeness (QED) is 0.327. The molecule has 146 valence electrons. The largest absolute Gasteiger partial charge is 0.466 e. The number of hydrogen-bond donors (Lipinski definition) is 0. The first-order chi connectivity index (χ1) is 12.8. The van der Waals surface area contributed by atoms with Gasteiger partial charge in [-0.1, -0.05) is 24.3 Å². The van der Waals surface area contributed by atoms with Gasteiger partial charge in [0.15, 0.2) is 0 Å². The number of rotatable bonds is 3. The standard InChI is InChI=1S/C21H26O6/c1-6-13(3)19(22)26-17-11-15(21(24)25-5)9-7-8-12(2)10-16-18(17)14(4)20(23)27-16/h6,9-10,16-18H,4,7-8,11H2,1-3,5H3/b12-10+,13-6-,15-9+/t16-,17+,18-/m1/s1. The van der Waals surface area contributed by atoms with Gasteiger partial charge in [0.2, 0.25) is 0 Å². The zero-order chi connectivity index (χ0) is 20.1. The summed E-state index contributed by atoms with van der Waals surface area (Å²) in [6.45, 7) is 9.15. The number of carbonyl (C=O) groups excluding carboxylic acids is 3. The first-order valence-corrected chi connectivity index (χ1v) is 8.96. The van der Waals surface area contributed by atoms with Crippen molar-refractivity contribution >= 4 is 17.9 Å². The minimum atomic E-state index is -0.774. The summed E-state index contributed by atoms with van der Waals surface area (Å²) in [5.74, 6) is -2.06. The minimum absolute atomic E-state index is 0.124. The van der Waals surface area contributed by atoms with Crippen LogP contribution in [0, 0.1) is 5.92 Å². The highest BCUT2D eigenvalue weighted by Crippen LogP contribution is 2.36. The van der Waals surface area contributed by atoms with E-state index >= 15 is 0 Å². The molecule has 0 aromatic carbocycles. The average molecular weight is 374 g/mol. The van der Waals surface area contributed by atoms with Gasteiger partial charge in [0.1, 0.15) is 12.2 Å². The van der Waals surface area contributed by atoms with Gasteiger partial charge < -0.3 is 14.2 Å². The summed E-state index contributed by atoms with van der Waals surface area (Å²) in [6.07, 6.45) is 5.44. The van der Waals surface area contributed by atoms with E-state index in [2.05, 4.69) is 6.58 Å². The maximum absolute atomic E-state index is 12.4. The van der Waals surface area contributed by atoms with Gasteiger partial charge in [0.05, 0.1) is 13.0 Å². The number of methoxy groups -OCH3 is 1. The Morgan fingerprint density at radius 2 is 2.07 bits per heavy atom. The second-order valence-electron chi connectivity index (χ2n) is 6.81. The molecular weight excluding hydrogens is 348 g/mol. The monoisotopic (exact) mass is 374 g/mol. The molecule has 6 nitrogen and oxygen atoms in total. The number of allylic oxidation sites excluding steroid dienone is 3. The number of carbonyl (C=O) groups is 3. The summed E-state index contributed by atoms with van der Waals surface area (Å²) < 4.78 is 16.0. The highest BCUT2D eigenvalue weighted by atomic mass is 16.6. The van der Waals surface area contributed by atoms with Gasteiger partial charge in [-0.05, 0) is 39.7 Å². The molecule has 3 atom stereocenters. The fraction of sp³-hybridized carbons (Fsp3) is 0.476. The lowest BCUT2D eigenvalue weighted by Gasteiger charge is -2.27. The molecule has 0 amide bonds. The highest BCUT2D eigenvalue weighted by molar-refractivity contribution is 5.92. The maximum Gasteiger partial charge on any atom is 0.334 e.